The third-order valence-corrected chi connectivity index (χ3v) is 4.09. The van der Waals surface area contributed by atoms with Gasteiger partial charge in [-0.05, 0) is 51.8 Å². The van der Waals surface area contributed by atoms with Crippen LogP contribution >= 0.6 is 15.9 Å². The lowest BCUT2D eigenvalue weighted by atomic mass is 10.2. The minimum absolute atomic E-state index is 0.0612. The molecule has 0 aromatic heterocycles. The Morgan fingerprint density at radius 2 is 2.00 bits per heavy atom. The molecule has 1 aliphatic rings. The number of imide groups is 1. The Morgan fingerprint density at radius 1 is 1.31 bits per heavy atom. The van der Waals surface area contributed by atoms with Gasteiger partial charge in [0.1, 0.15) is 17.5 Å². The first-order chi connectivity index (χ1) is 12.1. The number of hydrogen-bond acceptors (Lipinski definition) is 4. The smallest absolute Gasteiger partial charge is 0.410 e. The minimum Gasteiger partial charge on any atom is -0.444 e. The number of hydrogen-bond donors (Lipinski definition) is 2. The number of halogens is 2. The summed E-state index contributed by atoms with van der Waals surface area (Å²) in [6.45, 7) is 5.57. The molecule has 0 saturated carbocycles. The lowest BCUT2D eigenvalue weighted by molar-refractivity contribution is -0.124. The zero-order valence-electron chi connectivity index (χ0n) is 14.8. The number of rotatable bonds is 2. The highest BCUT2D eigenvalue weighted by atomic mass is 79.9. The molecule has 2 N–H and O–H groups in total. The molecule has 1 fully saturated rings. The van der Waals surface area contributed by atoms with Crippen molar-refractivity contribution < 1.29 is 23.5 Å². The van der Waals surface area contributed by atoms with Gasteiger partial charge in [0.05, 0.1) is 5.69 Å². The molecule has 1 aliphatic heterocycles. The molecule has 142 valence electrons. The van der Waals surface area contributed by atoms with Crippen LogP contribution in [0.1, 0.15) is 33.6 Å². The van der Waals surface area contributed by atoms with Crippen molar-refractivity contribution in [1.82, 2.24) is 10.2 Å². The molecule has 4 amide bonds. The lowest BCUT2D eigenvalue weighted by Gasteiger charge is -2.27. The van der Waals surface area contributed by atoms with Crippen molar-refractivity contribution in [3.8, 4) is 0 Å². The molecule has 0 bridgehead atoms. The Bertz CT molecular complexity index is 720. The molecule has 0 aliphatic carbocycles. The highest BCUT2D eigenvalue weighted by Crippen LogP contribution is 2.22. The molecular formula is C17H21BrFN3O4. The molecule has 1 aromatic carbocycles. The van der Waals surface area contributed by atoms with Gasteiger partial charge in [-0.15, -0.1) is 0 Å². The molecule has 0 radical (unpaired) electrons. The topological polar surface area (TPSA) is 87.7 Å². The molecule has 1 atom stereocenters. The Kier molecular flexibility index (Phi) is 6.22. The van der Waals surface area contributed by atoms with Crippen LogP contribution in [-0.4, -0.2) is 41.1 Å². The van der Waals surface area contributed by atoms with E-state index in [9.17, 15) is 18.8 Å². The Labute approximate surface area is 159 Å². The summed E-state index contributed by atoms with van der Waals surface area (Å²) in [4.78, 5) is 37.8. The number of ether oxygens (including phenoxy) is 1. The van der Waals surface area contributed by atoms with Crippen LogP contribution in [0.3, 0.4) is 0 Å². The van der Waals surface area contributed by atoms with Gasteiger partial charge in [-0.1, -0.05) is 15.9 Å². The zero-order valence-corrected chi connectivity index (χ0v) is 16.4. The van der Waals surface area contributed by atoms with Crippen molar-refractivity contribution in [2.45, 2.75) is 45.3 Å². The van der Waals surface area contributed by atoms with E-state index in [1.165, 1.54) is 17.0 Å². The first kappa shape index (κ1) is 20.2. The SMILES string of the molecule is CC(C)(C)OC(=O)N1CCCC1C(=O)NC(=O)Nc1ccc(Br)cc1F. The van der Waals surface area contributed by atoms with Crippen molar-refractivity contribution in [2.75, 3.05) is 11.9 Å². The summed E-state index contributed by atoms with van der Waals surface area (Å²) in [5, 5.41) is 4.42. The highest BCUT2D eigenvalue weighted by Gasteiger charge is 2.37. The fourth-order valence-electron chi connectivity index (χ4n) is 2.52. The summed E-state index contributed by atoms with van der Waals surface area (Å²) < 4.78 is 19.6. The number of urea groups is 1. The van der Waals surface area contributed by atoms with E-state index in [4.69, 9.17) is 4.74 Å². The van der Waals surface area contributed by atoms with Gasteiger partial charge in [-0.3, -0.25) is 15.0 Å². The summed E-state index contributed by atoms with van der Waals surface area (Å²) in [6, 6.07) is 2.45. The minimum atomic E-state index is -0.868. The number of likely N-dealkylation sites (tertiary alicyclic amines) is 1. The van der Waals surface area contributed by atoms with Crippen LogP contribution in [0.25, 0.3) is 0 Å². The van der Waals surface area contributed by atoms with Crippen LogP contribution in [0.15, 0.2) is 22.7 Å². The maximum atomic E-state index is 13.7. The maximum absolute atomic E-state index is 13.7. The summed E-state index contributed by atoms with van der Waals surface area (Å²) in [5.74, 6) is -1.28. The van der Waals surface area contributed by atoms with E-state index in [1.807, 2.05) is 0 Å². The molecule has 0 spiro atoms. The average Bonchev–Trinajstić information content (AvgIpc) is 2.98. The Morgan fingerprint density at radius 3 is 2.62 bits per heavy atom. The number of nitrogens with one attached hydrogen (secondary N) is 2. The van der Waals surface area contributed by atoms with Crippen LogP contribution in [0, 0.1) is 5.82 Å². The molecule has 1 unspecified atom stereocenters. The first-order valence-corrected chi connectivity index (χ1v) is 8.92. The van der Waals surface area contributed by atoms with Crippen molar-refractivity contribution in [2.24, 2.45) is 0 Å². The van der Waals surface area contributed by atoms with Crippen molar-refractivity contribution >= 4 is 39.6 Å². The first-order valence-electron chi connectivity index (χ1n) is 8.13. The normalized spacial score (nSPS) is 17.0. The number of anilines is 1. The van der Waals surface area contributed by atoms with E-state index in [0.29, 0.717) is 23.9 Å². The van der Waals surface area contributed by atoms with Gasteiger partial charge in [0, 0.05) is 11.0 Å². The van der Waals surface area contributed by atoms with Gasteiger partial charge < -0.3 is 10.1 Å². The maximum Gasteiger partial charge on any atom is 0.410 e. The number of amides is 4. The Balaban J connectivity index is 1.97. The molecule has 26 heavy (non-hydrogen) atoms. The molecular weight excluding hydrogens is 409 g/mol. The third kappa shape index (κ3) is 5.42. The predicted molar refractivity (Wildman–Crippen MR) is 97.2 cm³/mol. The largest absolute Gasteiger partial charge is 0.444 e. The summed E-state index contributed by atoms with van der Waals surface area (Å²) in [6.07, 6.45) is 0.445. The fraction of sp³-hybridized carbons (Fsp3) is 0.471. The second kappa shape index (κ2) is 8.03. The van der Waals surface area contributed by atoms with Crippen molar-refractivity contribution in [3.05, 3.63) is 28.5 Å². The quantitative estimate of drug-likeness (QED) is 0.750. The highest BCUT2D eigenvalue weighted by molar-refractivity contribution is 9.10. The monoisotopic (exact) mass is 429 g/mol. The average molecular weight is 430 g/mol. The van der Waals surface area contributed by atoms with Crippen LogP contribution in [-0.2, 0) is 9.53 Å². The van der Waals surface area contributed by atoms with Crippen molar-refractivity contribution in [3.63, 3.8) is 0 Å². The summed E-state index contributed by atoms with van der Waals surface area (Å²) >= 11 is 3.12. The molecule has 9 heteroatoms. The van der Waals surface area contributed by atoms with Gasteiger partial charge in [0.2, 0.25) is 0 Å². The third-order valence-electron chi connectivity index (χ3n) is 3.60. The van der Waals surface area contributed by atoms with Gasteiger partial charge in [-0.25, -0.2) is 14.0 Å². The second-order valence-electron chi connectivity index (χ2n) is 6.90. The molecule has 1 saturated heterocycles. The molecule has 1 aromatic rings. The number of benzene rings is 1. The van der Waals surface area contributed by atoms with E-state index in [0.717, 1.165) is 0 Å². The summed E-state index contributed by atoms with van der Waals surface area (Å²) in [7, 11) is 0. The standard InChI is InChI=1S/C17H21BrFN3O4/c1-17(2,3)26-16(25)22-8-4-5-13(22)14(23)21-15(24)20-12-7-6-10(18)9-11(12)19/h6-7,9,13H,4-5,8H2,1-3H3,(H2,20,21,23,24). The van der Waals surface area contributed by atoms with Crippen LogP contribution < -0.4 is 10.6 Å². The van der Waals surface area contributed by atoms with Crippen molar-refractivity contribution in [1.29, 1.82) is 0 Å². The summed E-state index contributed by atoms with van der Waals surface area (Å²) in [5.41, 5.74) is -0.745. The van der Waals surface area contributed by atoms with Gasteiger partial charge in [0.25, 0.3) is 5.91 Å². The number of carbonyl (C=O) groups excluding carboxylic acids is 3. The zero-order chi connectivity index (χ0) is 19.5. The van der Waals surface area contributed by atoms with Crippen LogP contribution in [0.2, 0.25) is 0 Å². The predicted octanol–water partition coefficient (Wildman–Crippen LogP) is 3.64. The van der Waals surface area contributed by atoms with E-state index in [-0.39, 0.29) is 5.69 Å². The number of nitrogens with zero attached hydrogens (tertiary/aromatic N) is 1. The van der Waals surface area contributed by atoms with E-state index < -0.39 is 35.5 Å². The molecule has 2 rings (SSSR count). The van der Waals surface area contributed by atoms with E-state index in [1.54, 1.807) is 26.8 Å². The van der Waals surface area contributed by atoms with E-state index in [2.05, 4.69) is 26.6 Å². The second-order valence-corrected chi connectivity index (χ2v) is 7.81. The lowest BCUT2D eigenvalue weighted by Crippen LogP contribution is -2.49. The van der Waals surface area contributed by atoms with Gasteiger partial charge in [0.15, 0.2) is 0 Å². The van der Waals surface area contributed by atoms with Gasteiger partial charge in [-0.2, -0.15) is 0 Å². The Hall–Kier alpha value is -2.16. The van der Waals surface area contributed by atoms with Crippen LogP contribution in [0.5, 0.6) is 0 Å². The van der Waals surface area contributed by atoms with Gasteiger partial charge >= 0.3 is 12.1 Å². The molecule has 7 nitrogen and oxygen atoms in total. The number of carbonyl (C=O) groups is 3. The molecule has 1 heterocycles. The van der Waals surface area contributed by atoms with E-state index >= 15 is 0 Å². The van der Waals surface area contributed by atoms with Crippen LogP contribution in [0.4, 0.5) is 19.7 Å². The fourth-order valence-corrected chi connectivity index (χ4v) is 2.85.